The van der Waals surface area contributed by atoms with Crippen molar-refractivity contribution in [3.05, 3.63) is 90.5 Å². The first kappa shape index (κ1) is 29.0. The molecule has 3 aromatic carbocycles. The molecule has 0 spiro atoms. The molecule has 200 valence electrons. The number of sulfonamides is 1. The van der Waals surface area contributed by atoms with E-state index in [9.17, 15) is 25.3 Å². The van der Waals surface area contributed by atoms with E-state index in [1.54, 1.807) is 19.1 Å². The third-order valence-electron chi connectivity index (χ3n) is 5.96. The molecule has 37 heavy (non-hydrogen) atoms. The molecular weight excluding hydrogens is 537 g/mol. The summed E-state index contributed by atoms with van der Waals surface area (Å²) >= 11 is 0. The lowest BCUT2D eigenvalue weighted by Crippen LogP contribution is -2.48. The van der Waals surface area contributed by atoms with E-state index in [0.717, 1.165) is 29.8 Å². The lowest BCUT2D eigenvalue weighted by molar-refractivity contribution is 0.303. The highest BCUT2D eigenvalue weighted by Crippen LogP contribution is 2.41. The Hall–Kier alpha value is -2.60. The average Bonchev–Trinajstić information content (AvgIpc) is 2.88. The van der Waals surface area contributed by atoms with Crippen LogP contribution in [0.5, 0.6) is 0 Å². The third-order valence-corrected chi connectivity index (χ3v) is 12.5. The third kappa shape index (κ3) is 6.11. The maximum Gasteiger partial charge on any atom is 0.319 e. The topological polar surface area (TPSA) is 114 Å². The molecule has 0 saturated carbocycles. The fraction of sp³-hybridized carbons (Fsp3) is 0.308. The highest BCUT2D eigenvalue weighted by atomic mass is 32.3. The van der Waals surface area contributed by atoms with Crippen LogP contribution in [-0.4, -0.2) is 35.6 Å². The van der Waals surface area contributed by atoms with Gasteiger partial charge in [0.25, 0.3) is 0 Å². The molecule has 0 amide bonds. The van der Waals surface area contributed by atoms with Crippen LogP contribution in [-0.2, 0) is 29.7 Å². The molecule has 11 heteroatoms. The molecule has 0 saturated heterocycles. The van der Waals surface area contributed by atoms with Crippen LogP contribution in [0.1, 0.15) is 38.2 Å². The molecule has 0 aliphatic rings. The van der Waals surface area contributed by atoms with E-state index < -0.39 is 56.3 Å². The van der Waals surface area contributed by atoms with Crippen molar-refractivity contribution in [2.24, 2.45) is 0 Å². The number of halogens is 1. The summed E-state index contributed by atoms with van der Waals surface area (Å²) in [6.45, 7) is 3.61. The Morgan fingerprint density at radius 3 is 1.62 bits per heavy atom. The second-order valence-electron chi connectivity index (χ2n) is 8.77. The van der Waals surface area contributed by atoms with Crippen molar-refractivity contribution in [2.75, 3.05) is 0 Å². The first-order chi connectivity index (χ1) is 17.3. The van der Waals surface area contributed by atoms with Gasteiger partial charge in [0.15, 0.2) is 0 Å². The van der Waals surface area contributed by atoms with Gasteiger partial charge in [-0.1, -0.05) is 73.9 Å². The minimum Gasteiger partial charge on any atom is -0.219 e. The summed E-state index contributed by atoms with van der Waals surface area (Å²) in [5.74, 6) is 0. The predicted octanol–water partition coefficient (Wildman–Crippen LogP) is 4.79. The summed E-state index contributed by atoms with van der Waals surface area (Å²) in [6, 6.07) is 17.5. The fourth-order valence-electron chi connectivity index (χ4n) is 3.87. The van der Waals surface area contributed by atoms with Gasteiger partial charge in [0.2, 0.25) is 29.7 Å². The Morgan fingerprint density at radius 1 is 0.730 bits per heavy atom. The van der Waals surface area contributed by atoms with Gasteiger partial charge in [-0.3, -0.25) is 0 Å². The molecule has 1 N–H and O–H groups in total. The quantitative estimate of drug-likeness (QED) is 0.337. The van der Waals surface area contributed by atoms with Crippen LogP contribution < -0.4 is 4.72 Å². The summed E-state index contributed by atoms with van der Waals surface area (Å²) in [5, 5.41) is 0. The van der Waals surface area contributed by atoms with Gasteiger partial charge in [-0.15, -0.1) is 0 Å². The first-order valence-electron chi connectivity index (χ1n) is 11.7. The monoisotopic (exact) mass is 567 g/mol. The second kappa shape index (κ2) is 11.4. The maximum atomic E-state index is 17.0. The molecule has 3 rings (SSSR count). The number of benzene rings is 3. The molecule has 1 atom stereocenters. The zero-order valence-electron chi connectivity index (χ0n) is 20.5. The standard InChI is InChI=1S/C26H30FNO6S3/c1-3-4-11-22(28-37(33,34)25-18-16-21(2)17-19-25)20-26(27,35(29,30)23-12-7-5-8-13-23)36(31,32)24-14-9-6-10-15-24/h5-10,12-19,22,28H,3-4,11,20H2,1-2H3. The molecule has 0 aromatic heterocycles. The number of hydrogen-bond acceptors (Lipinski definition) is 6. The highest BCUT2D eigenvalue weighted by Gasteiger charge is 2.58. The number of hydrogen-bond donors (Lipinski definition) is 1. The second-order valence-corrected chi connectivity index (χ2v) is 15.0. The van der Waals surface area contributed by atoms with Crippen molar-refractivity contribution in [1.82, 2.24) is 4.72 Å². The number of rotatable bonds is 12. The minimum atomic E-state index is -5.14. The van der Waals surface area contributed by atoms with E-state index in [1.165, 1.54) is 48.5 Å². The van der Waals surface area contributed by atoms with E-state index in [4.69, 9.17) is 0 Å². The smallest absolute Gasteiger partial charge is 0.219 e. The molecule has 1 unspecified atom stereocenters. The number of sulfone groups is 2. The fourth-order valence-corrected chi connectivity index (χ4v) is 9.45. The lowest BCUT2D eigenvalue weighted by Gasteiger charge is -2.30. The maximum absolute atomic E-state index is 17.0. The zero-order chi connectivity index (χ0) is 27.3. The van der Waals surface area contributed by atoms with Crippen molar-refractivity contribution in [3.8, 4) is 0 Å². The number of aryl methyl sites for hydroxylation is 1. The first-order valence-corrected chi connectivity index (χ1v) is 16.2. The van der Waals surface area contributed by atoms with E-state index in [0.29, 0.717) is 12.8 Å². The molecule has 0 aliphatic heterocycles. The van der Waals surface area contributed by atoms with Gasteiger partial charge in [0, 0.05) is 12.5 Å². The average molecular weight is 568 g/mol. The van der Waals surface area contributed by atoms with Gasteiger partial charge in [-0.25, -0.2) is 34.4 Å². The molecule has 0 aliphatic carbocycles. The Kier molecular flexibility index (Phi) is 8.94. The summed E-state index contributed by atoms with van der Waals surface area (Å²) in [5.41, 5.74) is 0.826. The van der Waals surface area contributed by atoms with E-state index in [2.05, 4.69) is 4.72 Å². The van der Waals surface area contributed by atoms with E-state index in [1.807, 2.05) is 6.92 Å². The van der Waals surface area contributed by atoms with Gasteiger partial charge in [0.1, 0.15) is 0 Å². The van der Waals surface area contributed by atoms with Crippen LogP contribution >= 0.6 is 0 Å². The molecular formula is C26H30FNO6S3. The van der Waals surface area contributed by atoms with Crippen molar-refractivity contribution in [2.45, 2.75) is 64.6 Å². The summed E-state index contributed by atoms with van der Waals surface area (Å²) in [7, 11) is -14.5. The largest absolute Gasteiger partial charge is 0.319 e. The normalized spacial score (nSPS) is 13.8. The Morgan fingerprint density at radius 2 is 1.19 bits per heavy atom. The van der Waals surface area contributed by atoms with Gasteiger partial charge >= 0.3 is 4.33 Å². The van der Waals surface area contributed by atoms with Crippen LogP contribution in [0, 0.1) is 6.92 Å². The lowest BCUT2D eigenvalue weighted by atomic mass is 10.1. The zero-order valence-corrected chi connectivity index (χ0v) is 23.0. The number of nitrogens with one attached hydrogen (secondary N) is 1. The predicted molar refractivity (Wildman–Crippen MR) is 141 cm³/mol. The van der Waals surface area contributed by atoms with Crippen molar-refractivity contribution >= 4 is 29.7 Å². The number of unbranched alkanes of at least 4 members (excludes halogenated alkanes) is 1. The van der Waals surface area contributed by atoms with Gasteiger partial charge in [-0.05, 0) is 49.7 Å². The molecule has 7 nitrogen and oxygen atoms in total. The van der Waals surface area contributed by atoms with Crippen LogP contribution in [0.4, 0.5) is 4.39 Å². The van der Waals surface area contributed by atoms with Gasteiger partial charge in [0.05, 0.1) is 14.7 Å². The van der Waals surface area contributed by atoms with Crippen LogP contribution in [0.3, 0.4) is 0 Å². The number of alkyl halides is 1. The Labute approximate surface area is 218 Å². The van der Waals surface area contributed by atoms with Crippen LogP contribution in [0.15, 0.2) is 99.6 Å². The Balaban J connectivity index is 2.14. The van der Waals surface area contributed by atoms with Crippen molar-refractivity contribution in [1.29, 1.82) is 0 Å². The van der Waals surface area contributed by atoms with E-state index in [-0.39, 0.29) is 11.3 Å². The minimum absolute atomic E-state index is 0.0296. The van der Waals surface area contributed by atoms with Crippen molar-refractivity contribution in [3.63, 3.8) is 0 Å². The van der Waals surface area contributed by atoms with Crippen LogP contribution in [0.25, 0.3) is 0 Å². The van der Waals surface area contributed by atoms with Crippen molar-refractivity contribution < 1.29 is 29.6 Å². The van der Waals surface area contributed by atoms with Gasteiger partial charge in [-0.2, -0.15) is 0 Å². The molecule has 3 aromatic rings. The van der Waals surface area contributed by atoms with Gasteiger partial charge < -0.3 is 0 Å². The summed E-state index contributed by atoms with van der Waals surface area (Å²) in [6.07, 6.45) is -0.0960. The summed E-state index contributed by atoms with van der Waals surface area (Å²) < 4.78 is 96.3. The van der Waals surface area contributed by atoms with E-state index >= 15 is 4.39 Å². The molecule has 0 radical (unpaired) electrons. The molecule has 0 bridgehead atoms. The highest BCUT2D eigenvalue weighted by molar-refractivity contribution is 8.10. The Bertz CT molecular complexity index is 1440. The SMILES string of the molecule is CCCCC(CC(F)(S(=O)(=O)c1ccccc1)S(=O)(=O)c1ccccc1)NS(=O)(=O)c1ccc(C)cc1. The molecule has 0 heterocycles. The van der Waals surface area contributed by atoms with Crippen LogP contribution in [0.2, 0.25) is 0 Å². The summed E-state index contributed by atoms with van der Waals surface area (Å²) in [4.78, 5) is -1.14. The molecule has 0 fully saturated rings.